The second-order valence-electron chi connectivity index (χ2n) is 4.51. The van der Waals surface area contributed by atoms with Crippen molar-refractivity contribution in [1.29, 1.82) is 5.26 Å². The summed E-state index contributed by atoms with van der Waals surface area (Å²) in [5, 5.41) is 8.61. The molecule has 0 aliphatic carbocycles. The third-order valence-electron chi connectivity index (χ3n) is 2.44. The summed E-state index contributed by atoms with van der Waals surface area (Å²) in [4.78, 5) is 0. The van der Waals surface area contributed by atoms with Crippen LogP contribution in [0, 0.1) is 11.5 Å². The molecule has 0 N–H and O–H groups in total. The van der Waals surface area contributed by atoms with Gasteiger partial charge in [0.05, 0.1) is 0 Å². The number of nitriles is 1. The minimum absolute atomic E-state index is 0.595. The van der Waals surface area contributed by atoms with E-state index < -0.39 is 5.60 Å². The normalized spacial score (nSPS) is 11.2. The van der Waals surface area contributed by atoms with Crippen molar-refractivity contribution < 1.29 is 4.74 Å². The second-order valence-corrected chi connectivity index (χ2v) is 4.51. The minimum atomic E-state index is -0.595. The molecule has 0 radical (unpaired) electrons. The van der Waals surface area contributed by atoms with E-state index in [0.717, 1.165) is 16.7 Å². The van der Waals surface area contributed by atoms with Gasteiger partial charge in [0.1, 0.15) is 5.60 Å². The van der Waals surface area contributed by atoms with Crippen LogP contribution in [-0.2, 0) is 10.3 Å². The Morgan fingerprint density at radius 3 is 2.76 bits per heavy atom. The van der Waals surface area contributed by atoms with Gasteiger partial charge in [0.15, 0.2) is 0 Å². The van der Waals surface area contributed by atoms with Crippen molar-refractivity contribution >= 4 is 6.08 Å². The molecule has 0 amide bonds. The zero-order valence-corrected chi connectivity index (χ0v) is 10.5. The lowest BCUT2D eigenvalue weighted by molar-refractivity contribution is 0.0702. The second kappa shape index (κ2) is 5.36. The van der Waals surface area contributed by atoms with E-state index >= 15 is 0 Å². The SMILES string of the molecule is C=C(C)C=Cc1cccc(C(C)(C)OC#N)c1. The summed E-state index contributed by atoms with van der Waals surface area (Å²) in [5.41, 5.74) is 2.45. The molecular weight excluding hydrogens is 210 g/mol. The number of benzene rings is 1. The zero-order chi connectivity index (χ0) is 12.9. The van der Waals surface area contributed by atoms with Crippen molar-refractivity contribution in [3.8, 4) is 6.26 Å². The summed E-state index contributed by atoms with van der Waals surface area (Å²) in [6.07, 6.45) is 5.69. The third-order valence-corrected chi connectivity index (χ3v) is 2.44. The Morgan fingerprint density at radius 1 is 1.47 bits per heavy atom. The Hall–Kier alpha value is -2.01. The Morgan fingerprint density at radius 2 is 2.18 bits per heavy atom. The predicted octanol–water partition coefficient (Wildman–Crippen LogP) is 4.01. The van der Waals surface area contributed by atoms with Crippen molar-refractivity contribution in [2.75, 3.05) is 0 Å². The van der Waals surface area contributed by atoms with Crippen molar-refractivity contribution in [2.24, 2.45) is 0 Å². The fourth-order valence-electron chi connectivity index (χ4n) is 1.43. The van der Waals surface area contributed by atoms with Crippen LogP contribution < -0.4 is 0 Å². The van der Waals surface area contributed by atoms with E-state index in [2.05, 4.69) is 6.58 Å². The highest BCUT2D eigenvalue weighted by Crippen LogP contribution is 2.25. The molecular formula is C15H17NO. The molecule has 1 rings (SSSR count). The highest BCUT2D eigenvalue weighted by atomic mass is 16.5. The van der Waals surface area contributed by atoms with Crippen LogP contribution in [0.2, 0.25) is 0 Å². The highest BCUT2D eigenvalue weighted by molar-refractivity contribution is 5.53. The van der Waals surface area contributed by atoms with Gasteiger partial charge in [-0.1, -0.05) is 42.5 Å². The van der Waals surface area contributed by atoms with Gasteiger partial charge in [-0.2, -0.15) is 5.26 Å². The van der Waals surface area contributed by atoms with Crippen LogP contribution in [0.4, 0.5) is 0 Å². The van der Waals surface area contributed by atoms with Crippen LogP contribution in [0.5, 0.6) is 0 Å². The van der Waals surface area contributed by atoms with Crippen molar-refractivity contribution in [3.63, 3.8) is 0 Å². The van der Waals surface area contributed by atoms with Crippen LogP contribution in [0.3, 0.4) is 0 Å². The van der Waals surface area contributed by atoms with Crippen LogP contribution >= 0.6 is 0 Å². The zero-order valence-electron chi connectivity index (χ0n) is 10.5. The molecule has 0 aliphatic rings. The highest BCUT2D eigenvalue weighted by Gasteiger charge is 2.21. The summed E-state index contributed by atoms with van der Waals surface area (Å²) in [5.74, 6) is 0. The fourth-order valence-corrected chi connectivity index (χ4v) is 1.43. The molecule has 0 aliphatic heterocycles. The molecule has 0 saturated carbocycles. The average Bonchev–Trinajstić information content (AvgIpc) is 2.27. The van der Waals surface area contributed by atoms with Gasteiger partial charge in [-0.25, -0.2) is 0 Å². The molecule has 17 heavy (non-hydrogen) atoms. The van der Waals surface area contributed by atoms with Crippen LogP contribution in [-0.4, -0.2) is 0 Å². The van der Waals surface area contributed by atoms with Gasteiger partial charge in [-0.05, 0) is 38.0 Å². The number of rotatable bonds is 4. The predicted molar refractivity (Wildman–Crippen MR) is 70.0 cm³/mol. The number of ether oxygens (including phenoxy) is 1. The van der Waals surface area contributed by atoms with Gasteiger partial charge in [0, 0.05) is 0 Å². The van der Waals surface area contributed by atoms with E-state index in [1.54, 1.807) is 6.26 Å². The maximum absolute atomic E-state index is 8.61. The van der Waals surface area contributed by atoms with Gasteiger partial charge in [-0.15, -0.1) is 0 Å². The molecule has 1 aromatic carbocycles. The Kier molecular flexibility index (Phi) is 4.12. The number of hydrogen-bond donors (Lipinski definition) is 0. The van der Waals surface area contributed by atoms with Crippen molar-refractivity contribution in [2.45, 2.75) is 26.4 Å². The molecule has 0 heterocycles. The Bertz CT molecular complexity index is 478. The summed E-state index contributed by atoms with van der Waals surface area (Å²) >= 11 is 0. The maximum Gasteiger partial charge on any atom is 0.287 e. The fraction of sp³-hybridized carbons (Fsp3) is 0.267. The first-order valence-electron chi connectivity index (χ1n) is 5.47. The lowest BCUT2D eigenvalue weighted by atomic mass is 9.96. The Balaban J connectivity index is 3.01. The molecule has 0 aromatic heterocycles. The molecule has 0 bridgehead atoms. The first kappa shape index (κ1) is 13.1. The van der Waals surface area contributed by atoms with Crippen molar-refractivity contribution in [1.82, 2.24) is 0 Å². The van der Waals surface area contributed by atoms with Gasteiger partial charge in [0.25, 0.3) is 6.26 Å². The molecule has 0 atom stereocenters. The van der Waals surface area contributed by atoms with E-state index in [1.165, 1.54) is 0 Å². The number of nitrogens with zero attached hydrogens (tertiary/aromatic N) is 1. The molecule has 0 spiro atoms. The first-order chi connectivity index (χ1) is 7.95. The lowest BCUT2D eigenvalue weighted by Gasteiger charge is -2.21. The van der Waals surface area contributed by atoms with Crippen LogP contribution in [0.25, 0.3) is 6.08 Å². The van der Waals surface area contributed by atoms with Gasteiger partial charge < -0.3 is 4.74 Å². The standard InChI is InChI=1S/C15H17NO/c1-12(2)8-9-13-6-5-7-14(10-13)15(3,4)17-11-16/h5-10H,1H2,2-4H3. The van der Waals surface area contributed by atoms with Crippen molar-refractivity contribution in [3.05, 3.63) is 53.6 Å². The smallest absolute Gasteiger partial charge is 0.287 e. The lowest BCUT2D eigenvalue weighted by Crippen LogP contribution is -2.19. The topological polar surface area (TPSA) is 33.0 Å². The molecule has 1 aromatic rings. The maximum atomic E-state index is 8.61. The molecule has 0 saturated heterocycles. The average molecular weight is 227 g/mol. The van der Waals surface area contributed by atoms with E-state index in [4.69, 9.17) is 10.00 Å². The summed E-state index contributed by atoms with van der Waals surface area (Å²) < 4.78 is 5.06. The third kappa shape index (κ3) is 3.81. The monoisotopic (exact) mass is 227 g/mol. The van der Waals surface area contributed by atoms with Crippen LogP contribution in [0.1, 0.15) is 31.9 Å². The number of hydrogen-bond acceptors (Lipinski definition) is 2. The largest absolute Gasteiger partial charge is 0.417 e. The molecule has 88 valence electrons. The quantitative estimate of drug-likeness (QED) is 0.575. The van der Waals surface area contributed by atoms with E-state index in [-0.39, 0.29) is 0 Å². The molecule has 2 heteroatoms. The number of allylic oxidation sites excluding steroid dienone is 2. The van der Waals surface area contributed by atoms with Gasteiger partial charge in [-0.3, -0.25) is 0 Å². The van der Waals surface area contributed by atoms with E-state index in [0.29, 0.717) is 0 Å². The molecule has 2 nitrogen and oxygen atoms in total. The summed E-state index contributed by atoms with van der Waals surface area (Å²) in [6, 6.07) is 7.92. The van der Waals surface area contributed by atoms with Gasteiger partial charge >= 0.3 is 0 Å². The first-order valence-corrected chi connectivity index (χ1v) is 5.47. The van der Waals surface area contributed by atoms with Gasteiger partial charge in [0.2, 0.25) is 0 Å². The van der Waals surface area contributed by atoms with E-state index in [1.807, 2.05) is 57.2 Å². The summed E-state index contributed by atoms with van der Waals surface area (Å²) in [7, 11) is 0. The minimum Gasteiger partial charge on any atom is -0.417 e. The summed E-state index contributed by atoms with van der Waals surface area (Å²) in [6.45, 7) is 9.51. The molecule has 0 unspecified atom stereocenters. The van der Waals surface area contributed by atoms with E-state index in [9.17, 15) is 0 Å². The molecule has 0 fully saturated rings. The van der Waals surface area contributed by atoms with Crippen LogP contribution in [0.15, 0.2) is 42.5 Å². The Labute approximate surface area is 103 Å².